The van der Waals surface area contributed by atoms with Crippen molar-refractivity contribution in [3.63, 3.8) is 0 Å². The molecule has 1 atom stereocenters. The minimum absolute atomic E-state index is 0.429. The van der Waals surface area contributed by atoms with Gasteiger partial charge in [-0.1, -0.05) is 13.8 Å². The third-order valence-electron chi connectivity index (χ3n) is 3.26. The van der Waals surface area contributed by atoms with Gasteiger partial charge in [0.15, 0.2) is 0 Å². The molecule has 1 unspecified atom stereocenters. The van der Waals surface area contributed by atoms with E-state index in [1.54, 1.807) is 0 Å². The molecule has 0 aromatic carbocycles. The number of aromatic nitrogens is 2. The van der Waals surface area contributed by atoms with Crippen molar-refractivity contribution in [2.45, 2.75) is 51.9 Å². The lowest BCUT2D eigenvalue weighted by Gasteiger charge is -2.14. The molecular formula is C13H20BrN3. The molecule has 1 heterocycles. The quantitative estimate of drug-likeness (QED) is 0.890. The highest BCUT2D eigenvalue weighted by molar-refractivity contribution is 9.10. The summed E-state index contributed by atoms with van der Waals surface area (Å²) in [4.78, 5) is 9.38. The Morgan fingerprint density at radius 2 is 2.06 bits per heavy atom. The van der Waals surface area contributed by atoms with Crippen LogP contribution in [0.1, 0.15) is 63.4 Å². The van der Waals surface area contributed by atoms with Gasteiger partial charge in [-0.15, -0.1) is 0 Å². The van der Waals surface area contributed by atoms with Gasteiger partial charge >= 0.3 is 0 Å². The Labute approximate surface area is 112 Å². The Bertz CT molecular complexity index is 402. The molecule has 0 aliphatic heterocycles. The van der Waals surface area contributed by atoms with Gasteiger partial charge in [0.1, 0.15) is 11.6 Å². The van der Waals surface area contributed by atoms with E-state index in [9.17, 15) is 0 Å². The molecule has 2 rings (SSSR count). The lowest BCUT2D eigenvalue weighted by Crippen LogP contribution is -2.09. The van der Waals surface area contributed by atoms with Crippen LogP contribution < -0.4 is 5.32 Å². The summed E-state index contributed by atoms with van der Waals surface area (Å²) in [5.74, 6) is 3.01. The van der Waals surface area contributed by atoms with Crippen molar-refractivity contribution in [2.75, 3.05) is 11.9 Å². The van der Waals surface area contributed by atoms with E-state index in [4.69, 9.17) is 4.98 Å². The molecule has 1 aliphatic rings. The monoisotopic (exact) mass is 297 g/mol. The Morgan fingerprint density at radius 3 is 2.59 bits per heavy atom. The van der Waals surface area contributed by atoms with Crippen molar-refractivity contribution >= 4 is 21.7 Å². The van der Waals surface area contributed by atoms with E-state index < -0.39 is 0 Å². The molecule has 1 saturated carbocycles. The zero-order valence-electron chi connectivity index (χ0n) is 10.8. The minimum atomic E-state index is 0.429. The topological polar surface area (TPSA) is 37.8 Å². The van der Waals surface area contributed by atoms with Crippen LogP contribution in [0.25, 0.3) is 0 Å². The van der Waals surface area contributed by atoms with Gasteiger partial charge in [-0.05, 0) is 42.1 Å². The molecule has 94 valence electrons. The molecule has 0 saturated heterocycles. The fraction of sp³-hybridized carbons (Fsp3) is 0.692. The number of hydrogen-bond donors (Lipinski definition) is 1. The Kier molecular flexibility index (Phi) is 4.02. The van der Waals surface area contributed by atoms with Crippen LogP contribution in [-0.4, -0.2) is 16.5 Å². The number of nitrogens with one attached hydrogen (secondary N) is 1. The predicted octanol–water partition coefficient (Wildman–Crippen LogP) is 4.06. The average molecular weight is 298 g/mol. The van der Waals surface area contributed by atoms with Gasteiger partial charge in [0.05, 0.1) is 10.2 Å². The van der Waals surface area contributed by atoms with Crippen LogP contribution in [0.5, 0.6) is 0 Å². The molecule has 1 fully saturated rings. The molecule has 0 amide bonds. The largest absolute Gasteiger partial charge is 0.369 e. The van der Waals surface area contributed by atoms with Gasteiger partial charge in [0, 0.05) is 18.4 Å². The SMILES string of the molecule is CCNc1nc(C(C)CC)nc(C2CC2)c1Br. The number of halogens is 1. The first kappa shape index (κ1) is 12.8. The first-order valence-corrected chi connectivity index (χ1v) is 7.27. The highest BCUT2D eigenvalue weighted by Gasteiger charge is 2.29. The van der Waals surface area contributed by atoms with Crippen molar-refractivity contribution in [1.29, 1.82) is 0 Å². The normalized spacial score (nSPS) is 16.9. The third-order valence-corrected chi connectivity index (χ3v) is 4.04. The van der Waals surface area contributed by atoms with Crippen molar-refractivity contribution in [2.24, 2.45) is 0 Å². The second kappa shape index (κ2) is 5.34. The molecule has 17 heavy (non-hydrogen) atoms. The number of rotatable bonds is 5. The predicted molar refractivity (Wildman–Crippen MR) is 74.6 cm³/mol. The summed E-state index contributed by atoms with van der Waals surface area (Å²) in [7, 11) is 0. The lowest BCUT2D eigenvalue weighted by atomic mass is 10.1. The van der Waals surface area contributed by atoms with E-state index in [-0.39, 0.29) is 0 Å². The molecule has 1 aliphatic carbocycles. The highest BCUT2D eigenvalue weighted by Crippen LogP contribution is 2.44. The standard InChI is InChI=1S/C13H20BrN3/c1-4-8(3)12-16-11(9-6-7-9)10(14)13(17-12)15-5-2/h8-9H,4-7H2,1-3H3,(H,15,16,17). The highest BCUT2D eigenvalue weighted by atomic mass is 79.9. The molecule has 1 aromatic heterocycles. The van der Waals surface area contributed by atoms with Gasteiger partial charge in [-0.2, -0.15) is 0 Å². The molecule has 0 bridgehead atoms. The summed E-state index contributed by atoms with van der Waals surface area (Å²) >= 11 is 3.64. The second-order valence-corrected chi connectivity index (χ2v) is 5.54. The Morgan fingerprint density at radius 1 is 1.35 bits per heavy atom. The summed E-state index contributed by atoms with van der Waals surface area (Å²) in [6, 6.07) is 0. The van der Waals surface area contributed by atoms with Gasteiger partial charge in [0.25, 0.3) is 0 Å². The molecule has 3 nitrogen and oxygen atoms in total. The van der Waals surface area contributed by atoms with Crippen LogP contribution >= 0.6 is 15.9 Å². The molecule has 1 aromatic rings. The van der Waals surface area contributed by atoms with Crippen molar-refractivity contribution < 1.29 is 0 Å². The summed E-state index contributed by atoms with van der Waals surface area (Å²) in [6.45, 7) is 7.35. The molecule has 0 radical (unpaired) electrons. The zero-order valence-corrected chi connectivity index (χ0v) is 12.3. The third kappa shape index (κ3) is 2.79. The van der Waals surface area contributed by atoms with Crippen LogP contribution in [0.4, 0.5) is 5.82 Å². The van der Waals surface area contributed by atoms with Crippen LogP contribution in [0.2, 0.25) is 0 Å². The van der Waals surface area contributed by atoms with Crippen molar-refractivity contribution in [1.82, 2.24) is 9.97 Å². The number of nitrogens with zero attached hydrogens (tertiary/aromatic N) is 2. The Hall–Kier alpha value is -0.640. The summed E-state index contributed by atoms with van der Waals surface area (Å²) in [5.41, 5.74) is 1.20. The fourth-order valence-corrected chi connectivity index (χ4v) is 2.44. The van der Waals surface area contributed by atoms with Crippen LogP contribution in [0, 0.1) is 0 Å². The Balaban J connectivity index is 2.40. The summed E-state index contributed by atoms with van der Waals surface area (Å²) in [5, 5.41) is 3.32. The average Bonchev–Trinajstić information content (AvgIpc) is 3.15. The fourth-order valence-electron chi connectivity index (χ4n) is 1.80. The van der Waals surface area contributed by atoms with Crippen LogP contribution in [-0.2, 0) is 0 Å². The molecule has 4 heteroatoms. The second-order valence-electron chi connectivity index (χ2n) is 4.74. The number of hydrogen-bond acceptors (Lipinski definition) is 3. The maximum absolute atomic E-state index is 4.75. The lowest BCUT2D eigenvalue weighted by molar-refractivity contribution is 0.670. The summed E-state index contributed by atoms with van der Waals surface area (Å²) in [6.07, 6.45) is 3.61. The van der Waals surface area contributed by atoms with Gasteiger partial charge in [0.2, 0.25) is 0 Å². The first-order valence-electron chi connectivity index (χ1n) is 6.48. The van der Waals surface area contributed by atoms with Crippen molar-refractivity contribution in [3.05, 3.63) is 16.0 Å². The molecular weight excluding hydrogens is 278 g/mol. The van der Waals surface area contributed by atoms with Crippen LogP contribution in [0.15, 0.2) is 4.47 Å². The maximum Gasteiger partial charge on any atom is 0.144 e. The van der Waals surface area contributed by atoms with E-state index in [0.29, 0.717) is 11.8 Å². The summed E-state index contributed by atoms with van der Waals surface area (Å²) < 4.78 is 1.06. The zero-order chi connectivity index (χ0) is 12.4. The number of anilines is 1. The van der Waals surface area contributed by atoms with Crippen LogP contribution in [0.3, 0.4) is 0 Å². The van der Waals surface area contributed by atoms with Gasteiger partial charge in [-0.3, -0.25) is 0 Å². The van der Waals surface area contributed by atoms with E-state index in [1.807, 2.05) is 0 Å². The van der Waals surface area contributed by atoms with E-state index in [2.05, 4.69) is 47.0 Å². The minimum Gasteiger partial charge on any atom is -0.369 e. The molecule has 1 N–H and O–H groups in total. The van der Waals surface area contributed by atoms with Gasteiger partial charge < -0.3 is 5.32 Å². The van der Waals surface area contributed by atoms with E-state index in [0.717, 1.165) is 29.1 Å². The first-order chi connectivity index (χ1) is 8.17. The smallest absolute Gasteiger partial charge is 0.144 e. The molecule has 0 spiro atoms. The maximum atomic E-state index is 4.75. The van der Waals surface area contributed by atoms with E-state index >= 15 is 0 Å². The van der Waals surface area contributed by atoms with Gasteiger partial charge in [-0.25, -0.2) is 9.97 Å². The van der Waals surface area contributed by atoms with Crippen molar-refractivity contribution in [3.8, 4) is 0 Å². The van der Waals surface area contributed by atoms with E-state index in [1.165, 1.54) is 18.5 Å².